The molecule has 1 aromatic carbocycles. The normalized spacial score (nSPS) is 11.9. The minimum absolute atomic E-state index is 0.0279. The molecule has 0 saturated heterocycles. The Morgan fingerprint density at radius 3 is 2.67 bits per heavy atom. The van der Waals surface area contributed by atoms with Crippen LogP contribution in [0.15, 0.2) is 41.9 Å². The van der Waals surface area contributed by atoms with E-state index in [1.165, 1.54) is 0 Å². The molecule has 4 heteroatoms. The van der Waals surface area contributed by atoms with Crippen molar-refractivity contribution < 1.29 is 4.74 Å². The number of hydrogen-bond donors (Lipinski definition) is 2. The molecule has 0 saturated carbocycles. The Kier molecular flexibility index (Phi) is 6.79. The molecule has 21 heavy (non-hydrogen) atoms. The molecule has 0 unspecified atom stereocenters. The van der Waals surface area contributed by atoms with Gasteiger partial charge in [-0.3, -0.25) is 0 Å². The molecule has 0 radical (unpaired) electrons. The molecule has 4 nitrogen and oxygen atoms in total. The fraction of sp³-hybridized carbons (Fsp3) is 0.471. The van der Waals surface area contributed by atoms with Crippen LogP contribution in [-0.4, -0.2) is 24.7 Å². The van der Waals surface area contributed by atoms with E-state index in [4.69, 9.17) is 4.74 Å². The minimum atomic E-state index is -0.0279. The van der Waals surface area contributed by atoms with Gasteiger partial charge in [0.15, 0.2) is 5.96 Å². The molecule has 0 aromatic heterocycles. The van der Waals surface area contributed by atoms with Crippen LogP contribution >= 0.6 is 0 Å². The van der Waals surface area contributed by atoms with Crippen LogP contribution in [0.2, 0.25) is 0 Å². The lowest BCUT2D eigenvalue weighted by molar-refractivity contribution is 0.359. The molecule has 0 aliphatic carbocycles. The summed E-state index contributed by atoms with van der Waals surface area (Å²) in [5, 5.41) is 6.63. The van der Waals surface area contributed by atoms with Gasteiger partial charge in [-0.05, 0) is 33.8 Å². The largest absolute Gasteiger partial charge is 0.489 e. The molecule has 0 fully saturated rings. The van der Waals surface area contributed by atoms with Crippen LogP contribution in [0.5, 0.6) is 5.75 Å². The van der Waals surface area contributed by atoms with Gasteiger partial charge in [-0.1, -0.05) is 30.9 Å². The first kappa shape index (κ1) is 17.1. The van der Waals surface area contributed by atoms with Crippen molar-refractivity contribution >= 4 is 5.96 Å². The zero-order chi connectivity index (χ0) is 15.7. The van der Waals surface area contributed by atoms with Crippen LogP contribution in [0, 0.1) is 0 Å². The highest BCUT2D eigenvalue weighted by molar-refractivity contribution is 5.80. The molecule has 0 amide bonds. The van der Waals surface area contributed by atoms with Crippen LogP contribution in [0.4, 0.5) is 0 Å². The predicted molar refractivity (Wildman–Crippen MR) is 89.8 cm³/mol. The van der Waals surface area contributed by atoms with Crippen molar-refractivity contribution in [2.24, 2.45) is 4.99 Å². The number of para-hydroxylation sites is 1. The fourth-order valence-corrected chi connectivity index (χ4v) is 1.75. The summed E-state index contributed by atoms with van der Waals surface area (Å²) in [5.74, 6) is 1.66. The lowest BCUT2D eigenvalue weighted by Crippen LogP contribution is -2.47. The average Bonchev–Trinajstić information content (AvgIpc) is 2.42. The summed E-state index contributed by atoms with van der Waals surface area (Å²) in [7, 11) is 0. The summed E-state index contributed by atoms with van der Waals surface area (Å²) in [6.07, 6.45) is 1.74. The van der Waals surface area contributed by atoms with Crippen molar-refractivity contribution in [1.29, 1.82) is 0 Å². The zero-order valence-electron chi connectivity index (χ0n) is 13.6. The first-order chi connectivity index (χ1) is 9.96. The van der Waals surface area contributed by atoms with Gasteiger partial charge in [0.25, 0.3) is 0 Å². The molecule has 0 bridgehead atoms. The predicted octanol–water partition coefficient (Wildman–Crippen LogP) is 3.11. The van der Waals surface area contributed by atoms with E-state index in [2.05, 4.69) is 49.9 Å². The number of nitrogens with one attached hydrogen (secondary N) is 2. The Balaban J connectivity index is 2.82. The Hall–Kier alpha value is -1.97. The van der Waals surface area contributed by atoms with Crippen molar-refractivity contribution in [2.45, 2.75) is 39.8 Å². The van der Waals surface area contributed by atoms with Crippen LogP contribution in [0.25, 0.3) is 0 Å². The molecule has 116 valence electrons. The van der Waals surface area contributed by atoms with E-state index in [0.717, 1.165) is 23.8 Å². The number of rotatable bonds is 6. The van der Waals surface area contributed by atoms with E-state index in [9.17, 15) is 0 Å². The number of hydrogen-bond acceptors (Lipinski definition) is 2. The topological polar surface area (TPSA) is 45.6 Å². The molecule has 0 heterocycles. The second kappa shape index (κ2) is 8.35. The molecular weight excluding hydrogens is 262 g/mol. The Morgan fingerprint density at radius 1 is 1.33 bits per heavy atom. The van der Waals surface area contributed by atoms with Gasteiger partial charge in [0.2, 0.25) is 0 Å². The molecule has 0 aliphatic heterocycles. The Bertz CT molecular complexity index is 475. The second-order valence-electron chi connectivity index (χ2n) is 5.78. The molecule has 0 spiro atoms. The van der Waals surface area contributed by atoms with Crippen molar-refractivity contribution in [3.8, 4) is 5.75 Å². The second-order valence-corrected chi connectivity index (χ2v) is 5.78. The number of ether oxygens (including phenoxy) is 1. The highest BCUT2D eigenvalue weighted by atomic mass is 16.5. The summed E-state index contributed by atoms with van der Waals surface area (Å²) in [6.45, 7) is 14.0. The van der Waals surface area contributed by atoms with E-state index in [0.29, 0.717) is 13.2 Å². The van der Waals surface area contributed by atoms with Crippen LogP contribution in [-0.2, 0) is 6.54 Å². The maximum absolute atomic E-state index is 5.65. The van der Waals surface area contributed by atoms with Crippen LogP contribution in [0.3, 0.4) is 0 Å². The first-order valence-corrected chi connectivity index (χ1v) is 7.34. The van der Waals surface area contributed by atoms with E-state index < -0.39 is 0 Å². The lowest BCUT2D eigenvalue weighted by Gasteiger charge is -2.23. The number of benzene rings is 1. The summed E-state index contributed by atoms with van der Waals surface area (Å²) < 4.78 is 5.65. The fourth-order valence-electron chi connectivity index (χ4n) is 1.75. The van der Waals surface area contributed by atoms with E-state index in [1.807, 2.05) is 24.3 Å². The van der Waals surface area contributed by atoms with Crippen LogP contribution in [0.1, 0.15) is 33.3 Å². The summed E-state index contributed by atoms with van der Waals surface area (Å²) >= 11 is 0. The minimum Gasteiger partial charge on any atom is -0.489 e. The standard InChI is InChI=1S/C17H27N3O/c1-6-12-21-15-11-9-8-10-14(15)13-19-16(18-7-2)20-17(3,4)5/h6,8-11H,1,7,12-13H2,2-5H3,(H2,18,19,20). The maximum Gasteiger partial charge on any atom is 0.191 e. The third-order valence-corrected chi connectivity index (χ3v) is 2.57. The Morgan fingerprint density at radius 2 is 2.05 bits per heavy atom. The van der Waals surface area contributed by atoms with Gasteiger partial charge >= 0.3 is 0 Å². The van der Waals surface area contributed by atoms with E-state index in [-0.39, 0.29) is 5.54 Å². The highest BCUT2D eigenvalue weighted by Gasteiger charge is 2.11. The van der Waals surface area contributed by atoms with Gasteiger partial charge in [-0.25, -0.2) is 4.99 Å². The van der Waals surface area contributed by atoms with Crippen molar-refractivity contribution in [3.63, 3.8) is 0 Å². The smallest absolute Gasteiger partial charge is 0.191 e. The van der Waals surface area contributed by atoms with Crippen molar-refractivity contribution in [1.82, 2.24) is 10.6 Å². The highest BCUT2D eigenvalue weighted by Crippen LogP contribution is 2.18. The zero-order valence-corrected chi connectivity index (χ0v) is 13.6. The third-order valence-electron chi connectivity index (χ3n) is 2.57. The maximum atomic E-state index is 5.65. The summed E-state index contributed by atoms with van der Waals surface area (Å²) in [6, 6.07) is 7.95. The first-order valence-electron chi connectivity index (χ1n) is 7.34. The van der Waals surface area contributed by atoms with Gasteiger partial charge < -0.3 is 15.4 Å². The van der Waals surface area contributed by atoms with E-state index >= 15 is 0 Å². The molecule has 0 atom stereocenters. The average molecular weight is 289 g/mol. The van der Waals surface area contributed by atoms with Crippen molar-refractivity contribution in [2.75, 3.05) is 13.2 Å². The van der Waals surface area contributed by atoms with Gasteiger partial charge in [-0.15, -0.1) is 0 Å². The monoisotopic (exact) mass is 289 g/mol. The molecule has 2 N–H and O–H groups in total. The summed E-state index contributed by atoms with van der Waals surface area (Å²) in [5.41, 5.74) is 1.03. The third kappa shape index (κ3) is 6.84. The van der Waals surface area contributed by atoms with Gasteiger partial charge in [-0.2, -0.15) is 0 Å². The Labute approximate surface area is 128 Å². The van der Waals surface area contributed by atoms with E-state index in [1.54, 1.807) is 6.08 Å². The van der Waals surface area contributed by atoms with Gasteiger partial charge in [0, 0.05) is 17.6 Å². The number of nitrogens with zero attached hydrogens (tertiary/aromatic N) is 1. The summed E-state index contributed by atoms with van der Waals surface area (Å²) in [4.78, 5) is 4.63. The molecular formula is C17H27N3O. The van der Waals surface area contributed by atoms with Gasteiger partial charge in [0.1, 0.15) is 12.4 Å². The van der Waals surface area contributed by atoms with Crippen molar-refractivity contribution in [3.05, 3.63) is 42.5 Å². The lowest BCUT2D eigenvalue weighted by atomic mass is 10.1. The SMILES string of the molecule is C=CCOc1ccccc1CN=C(NCC)NC(C)(C)C. The van der Waals surface area contributed by atoms with Gasteiger partial charge in [0.05, 0.1) is 6.54 Å². The molecule has 1 aromatic rings. The quantitative estimate of drug-likeness (QED) is 0.480. The van der Waals surface area contributed by atoms with Crippen LogP contribution < -0.4 is 15.4 Å². The molecule has 1 rings (SSSR count). The number of guanidine groups is 1. The molecule has 0 aliphatic rings. The number of aliphatic imine (C=N–C) groups is 1.